The van der Waals surface area contributed by atoms with Crippen LogP contribution in [0.1, 0.15) is 21.0 Å². The van der Waals surface area contributed by atoms with E-state index >= 15 is 0 Å². The first-order valence-corrected chi connectivity index (χ1v) is 6.27. The molecule has 0 spiro atoms. The summed E-state index contributed by atoms with van der Waals surface area (Å²) in [6.07, 6.45) is 1.80. The lowest BCUT2D eigenvalue weighted by molar-refractivity contribution is 0.618. The Hall–Kier alpha value is -1.93. The molecule has 92 valence electrons. The molecule has 0 bridgehead atoms. The second-order valence-electron chi connectivity index (χ2n) is 3.94. The molecule has 1 N–H and O–H groups in total. The molecule has 0 aliphatic heterocycles. The van der Waals surface area contributed by atoms with Crippen LogP contribution in [0.3, 0.4) is 0 Å². The minimum Gasteiger partial charge on any atom is -0.380 e. The predicted octanol–water partition coefficient (Wildman–Crippen LogP) is 3.38. The minimum absolute atomic E-state index is 0.320. The number of nitriles is 1. The van der Waals surface area contributed by atoms with Gasteiger partial charge in [-0.2, -0.15) is 5.26 Å². The van der Waals surface area contributed by atoms with Crippen molar-refractivity contribution < 1.29 is 4.39 Å². The number of nitrogens with one attached hydrogen (secondary N) is 1. The number of nitrogens with zero attached hydrogens (tertiary/aromatic N) is 2. The molecule has 2 aromatic rings. The van der Waals surface area contributed by atoms with Gasteiger partial charge in [-0.3, -0.25) is 0 Å². The van der Waals surface area contributed by atoms with Crippen LogP contribution in [-0.4, -0.2) is 4.98 Å². The van der Waals surface area contributed by atoms with Gasteiger partial charge in [0.25, 0.3) is 0 Å². The zero-order valence-electron chi connectivity index (χ0n) is 10.1. The number of thiazole rings is 1. The fraction of sp³-hybridized carbons (Fsp3) is 0.231. The number of benzene rings is 1. The minimum atomic E-state index is -0.364. The van der Waals surface area contributed by atoms with Gasteiger partial charge in [-0.1, -0.05) is 0 Å². The highest BCUT2D eigenvalue weighted by molar-refractivity contribution is 7.11. The summed E-state index contributed by atoms with van der Waals surface area (Å²) in [5.41, 5.74) is 1.49. The molecule has 0 saturated heterocycles. The van der Waals surface area contributed by atoms with E-state index in [9.17, 15) is 4.39 Å². The van der Waals surface area contributed by atoms with Gasteiger partial charge in [0.1, 0.15) is 5.82 Å². The van der Waals surface area contributed by atoms with E-state index in [0.717, 1.165) is 9.88 Å². The molecule has 0 atom stereocenters. The Balaban J connectivity index is 2.19. The van der Waals surface area contributed by atoms with Gasteiger partial charge in [0.05, 0.1) is 23.2 Å². The van der Waals surface area contributed by atoms with Crippen molar-refractivity contribution >= 4 is 17.0 Å². The van der Waals surface area contributed by atoms with Crippen molar-refractivity contribution in [1.82, 2.24) is 4.98 Å². The summed E-state index contributed by atoms with van der Waals surface area (Å²) < 4.78 is 13.6. The molecular weight excluding hydrogens is 249 g/mol. The van der Waals surface area contributed by atoms with E-state index in [2.05, 4.69) is 10.3 Å². The Labute approximate surface area is 109 Å². The highest BCUT2D eigenvalue weighted by atomic mass is 32.1. The highest BCUT2D eigenvalue weighted by Gasteiger charge is 2.07. The summed E-state index contributed by atoms with van der Waals surface area (Å²) >= 11 is 1.59. The molecule has 1 aromatic heterocycles. The van der Waals surface area contributed by atoms with Crippen LogP contribution in [0, 0.1) is 31.0 Å². The number of aromatic nitrogens is 1. The summed E-state index contributed by atoms with van der Waals surface area (Å²) in [6, 6.07) is 4.85. The van der Waals surface area contributed by atoms with E-state index < -0.39 is 0 Å². The standard InChI is InChI=1S/C13H12FN3S/c1-8-12(14)3-10(5-15)4-13(8)17-7-11-6-16-9(2)18-11/h3-4,6,17H,7H2,1-2H3. The predicted molar refractivity (Wildman–Crippen MR) is 70.0 cm³/mol. The Morgan fingerprint density at radius 3 is 2.83 bits per heavy atom. The lowest BCUT2D eigenvalue weighted by Crippen LogP contribution is -2.01. The Kier molecular flexibility index (Phi) is 3.58. The van der Waals surface area contributed by atoms with Crippen LogP contribution >= 0.6 is 11.3 Å². The normalized spacial score (nSPS) is 10.1. The largest absolute Gasteiger partial charge is 0.380 e. The van der Waals surface area contributed by atoms with Crippen LogP contribution in [-0.2, 0) is 6.54 Å². The van der Waals surface area contributed by atoms with Crippen molar-refractivity contribution in [2.24, 2.45) is 0 Å². The summed E-state index contributed by atoms with van der Waals surface area (Å²) in [4.78, 5) is 5.23. The molecule has 0 saturated carbocycles. The van der Waals surface area contributed by atoms with Gasteiger partial charge in [-0.05, 0) is 26.0 Å². The van der Waals surface area contributed by atoms with E-state index in [1.165, 1.54) is 6.07 Å². The van der Waals surface area contributed by atoms with Gasteiger partial charge in [0.15, 0.2) is 0 Å². The van der Waals surface area contributed by atoms with E-state index in [-0.39, 0.29) is 5.82 Å². The maximum atomic E-state index is 13.6. The van der Waals surface area contributed by atoms with Gasteiger partial charge in [0, 0.05) is 22.3 Å². The Bertz CT molecular complexity index is 613. The van der Waals surface area contributed by atoms with E-state index in [1.54, 1.807) is 30.5 Å². The zero-order valence-corrected chi connectivity index (χ0v) is 10.9. The number of hydrogen-bond acceptors (Lipinski definition) is 4. The molecule has 1 aromatic carbocycles. The number of hydrogen-bond donors (Lipinski definition) is 1. The Morgan fingerprint density at radius 1 is 1.44 bits per heavy atom. The third kappa shape index (κ3) is 2.66. The number of rotatable bonds is 3. The molecule has 18 heavy (non-hydrogen) atoms. The van der Waals surface area contributed by atoms with Crippen molar-refractivity contribution in [3.8, 4) is 6.07 Å². The van der Waals surface area contributed by atoms with E-state index in [4.69, 9.17) is 5.26 Å². The molecule has 0 radical (unpaired) electrons. The molecular formula is C13H12FN3S. The summed E-state index contributed by atoms with van der Waals surface area (Å²) in [7, 11) is 0. The number of aryl methyl sites for hydroxylation is 1. The molecule has 1 heterocycles. The van der Waals surface area contributed by atoms with Crippen molar-refractivity contribution in [1.29, 1.82) is 5.26 Å². The lowest BCUT2D eigenvalue weighted by atomic mass is 10.1. The summed E-state index contributed by atoms with van der Waals surface area (Å²) in [6.45, 7) is 4.22. The maximum absolute atomic E-state index is 13.6. The van der Waals surface area contributed by atoms with Gasteiger partial charge in [0.2, 0.25) is 0 Å². The molecule has 0 fully saturated rings. The average molecular weight is 261 g/mol. The smallest absolute Gasteiger partial charge is 0.129 e. The molecule has 0 amide bonds. The molecule has 0 aliphatic rings. The molecule has 2 rings (SSSR count). The van der Waals surface area contributed by atoms with Crippen molar-refractivity contribution in [3.63, 3.8) is 0 Å². The zero-order chi connectivity index (χ0) is 13.1. The quantitative estimate of drug-likeness (QED) is 0.921. The first-order chi connectivity index (χ1) is 8.60. The van der Waals surface area contributed by atoms with E-state index in [1.807, 2.05) is 13.0 Å². The maximum Gasteiger partial charge on any atom is 0.129 e. The topological polar surface area (TPSA) is 48.7 Å². The van der Waals surface area contributed by atoms with Crippen molar-refractivity contribution in [3.05, 3.63) is 45.2 Å². The van der Waals surface area contributed by atoms with E-state index in [0.29, 0.717) is 23.4 Å². The van der Waals surface area contributed by atoms with Gasteiger partial charge in [-0.25, -0.2) is 9.37 Å². The third-order valence-corrected chi connectivity index (χ3v) is 3.51. The van der Waals surface area contributed by atoms with Crippen LogP contribution in [0.4, 0.5) is 10.1 Å². The van der Waals surface area contributed by atoms with Gasteiger partial charge in [-0.15, -0.1) is 11.3 Å². The first-order valence-electron chi connectivity index (χ1n) is 5.45. The second-order valence-corrected chi connectivity index (χ2v) is 5.26. The monoisotopic (exact) mass is 261 g/mol. The molecule has 3 nitrogen and oxygen atoms in total. The van der Waals surface area contributed by atoms with Crippen LogP contribution in [0.2, 0.25) is 0 Å². The molecule has 0 aliphatic carbocycles. The first kappa shape index (κ1) is 12.5. The van der Waals surface area contributed by atoms with Crippen molar-refractivity contribution in [2.75, 3.05) is 5.32 Å². The van der Waals surface area contributed by atoms with Gasteiger partial charge >= 0.3 is 0 Å². The van der Waals surface area contributed by atoms with Crippen molar-refractivity contribution in [2.45, 2.75) is 20.4 Å². The lowest BCUT2D eigenvalue weighted by Gasteiger charge is -2.09. The fourth-order valence-corrected chi connectivity index (χ4v) is 2.33. The summed E-state index contributed by atoms with van der Waals surface area (Å²) in [5, 5.41) is 13.0. The number of anilines is 1. The molecule has 0 unspecified atom stereocenters. The highest BCUT2D eigenvalue weighted by Crippen LogP contribution is 2.22. The second kappa shape index (κ2) is 5.15. The van der Waals surface area contributed by atoms with Crippen LogP contribution < -0.4 is 5.32 Å². The van der Waals surface area contributed by atoms with Gasteiger partial charge < -0.3 is 5.32 Å². The summed E-state index contributed by atoms with van der Waals surface area (Å²) in [5.74, 6) is -0.364. The third-order valence-electron chi connectivity index (χ3n) is 2.60. The Morgan fingerprint density at radius 2 is 2.22 bits per heavy atom. The molecule has 5 heteroatoms. The average Bonchev–Trinajstić information content (AvgIpc) is 2.77. The number of halogens is 1. The fourth-order valence-electron chi connectivity index (χ4n) is 1.60. The van der Waals surface area contributed by atoms with Crippen LogP contribution in [0.15, 0.2) is 18.3 Å². The van der Waals surface area contributed by atoms with Crippen LogP contribution in [0.5, 0.6) is 0 Å². The van der Waals surface area contributed by atoms with Crippen LogP contribution in [0.25, 0.3) is 0 Å². The SMILES string of the molecule is Cc1ncc(CNc2cc(C#N)cc(F)c2C)s1.